The first-order chi connectivity index (χ1) is 7.42. The third-order valence-electron chi connectivity index (χ3n) is 2.17. The Hall–Kier alpha value is -0.580. The molecule has 0 spiro atoms. The molecular weight excluding hydrogens is 246 g/mol. The second-order valence-corrected chi connectivity index (χ2v) is 6.29. The van der Waals surface area contributed by atoms with Crippen molar-refractivity contribution in [3.8, 4) is 0 Å². The monoisotopic (exact) mass is 261 g/mol. The largest absolute Gasteiger partial charge is 0.240 e. The van der Waals surface area contributed by atoms with Crippen LogP contribution >= 0.6 is 11.6 Å². The summed E-state index contributed by atoms with van der Waals surface area (Å²) in [6.45, 7) is 4.11. The standard InChI is InChI=1S/C11H16ClNO2S/c1-9-3-5-11(6-4-9)16(14,15)13-8-7-10(2)12/h3-6,10,13H,7-8H2,1-2H3. The topological polar surface area (TPSA) is 46.2 Å². The van der Waals surface area contributed by atoms with Gasteiger partial charge in [0, 0.05) is 11.9 Å². The van der Waals surface area contributed by atoms with Gasteiger partial charge in [0.2, 0.25) is 10.0 Å². The molecule has 0 bridgehead atoms. The Morgan fingerprint density at radius 2 is 1.88 bits per heavy atom. The number of benzene rings is 1. The quantitative estimate of drug-likeness (QED) is 0.827. The van der Waals surface area contributed by atoms with Crippen molar-refractivity contribution >= 4 is 21.6 Å². The minimum Gasteiger partial charge on any atom is -0.211 e. The van der Waals surface area contributed by atoms with Crippen LogP contribution in [0, 0.1) is 6.92 Å². The molecule has 0 amide bonds. The molecule has 1 atom stereocenters. The fraction of sp³-hybridized carbons (Fsp3) is 0.455. The van der Waals surface area contributed by atoms with Crippen molar-refractivity contribution in [2.75, 3.05) is 6.54 Å². The van der Waals surface area contributed by atoms with Gasteiger partial charge in [0.25, 0.3) is 0 Å². The maximum absolute atomic E-state index is 11.8. The molecule has 5 heteroatoms. The van der Waals surface area contributed by atoms with Crippen molar-refractivity contribution in [1.29, 1.82) is 0 Å². The zero-order chi connectivity index (χ0) is 12.2. The van der Waals surface area contributed by atoms with Gasteiger partial charge in [-0.2, -0.15) is 0 Å². The first-order valence-electron chi connectivity index (χ1n) is 5.12. The Morgan fingerprint density at radius 3 is 2.38 bits per heavy atom. The number of sulfonamides is 1. The van der Waals surface area contributed by atoms with Gasteiger partial charge >= 0.3 is 0 Å². The Morgan fingerprint density at radius 1 is 1.31 bits per heavy atom. The predicted molar refractivity (Wildman–Crippen MR) is 66.3 cm³/mol. The Bertz CT molecular complexity index is 426. The van der Waals surface area contributed by atoms with Gasteiger partial charge < -0.3 is 0 Å². The van der Waals surface area contributed by atoms with Crippen LogP contribution in [0.25, 0.3) is 0 Å². The van der Waals surface area contributed by atoms with Crippen LogP contribution in [-0.4, -0.2) is 20.3 Å². The van der Waals surface area contributed by atoms with Crippen molar-refractivity contribution in [3.63, 3.8) is 0 Å². The average Bonchev–Trinajstić information content (AvgIpc) is 2.17. The maximum atomic E-state index is 11.8. The summed E-state index contributed by atoms with van der Waals surface area (Å²) >= 11 is 5.74. The minimum atomic E-state index is -3.38. The number of rotatable bonds is 5. The van der Waals surface area contributed by atoms with Crippen LogP contribution in [0.1, 0.15) is 18.9 Å². The molecule has 0 heterocycles. The van der Waals surface area contributed by atoms with Gasteiger partial charge in [-0.25, -0.2) is 13.1 Å². The van der Waals surface area contributed by atoms with E-state index in [1.165, 1.54) is 0 Å². The lowest BCUT2D eigenvalue weighted by molar-refractivity contribution is 0.578. The van der Waals surface area contributed by atoms with Gasteiger partial charge in [0.15, 0.2) is 0 Å². The van der Waals surface area contributed by atoms with E-state index in [9.17, 15) is 8.42 Å². The molecule has 90 valence electrons. The van der Waals surface area contributed by atoms with Crippen molar-refractivity contribution in [1.82, 2.24) is 4.72 Å². The fourth-order valence-corrected chi connectivity index (χ4v) is 2.35. The highest BCUT2D eigenvalue weighted by molar-refractivity contribution is 7.89. The molecule has 0 saturated heterocycles. The number of hydrogen-bond donors (Lipinski definition) is 1. The van der Waals surface area contributed by atoms with Gasteiger partial charge in [-0.05, 0) is 32.4 Å². The maximum Gasteiger partial charge on any atom is 0.240 e. The van der Waals surface area contributed by atoms with Crippen LogP contribution in [0.5, 0.6) is 0 Å². The summed E-state index contributed by atoms with van der Waals surface area (Å²) in [6.07, 6.45) is 0.618. The molecule has 0 aliphatic rings. The van der Waals surface area contributed by atoms with E-state index in [1.807, 2.05) is 13.8 Å². The predicted octanol–water partition coefficient (Wildman–Crippen LogP) is 2.29. The molecule has 0 saturated carbocycles. The van der Waals surface area contributed by atoms with E-state index >= 15 is 0 Å². The van der Waals surface area contributed by atoms with Crippen LogP contribution in [0.2, 0.25) is 0 Å². The number of nitrogens with one attached hydrogen (secondary N) is 1. The summed E-state index contributed by atoms with van der Waals surface area (Å²) in [5, 5.41) is -0.0271. The molecular formula is C11H16ClNO2S. The van der Waals surface area contributed by atoms with E-state index in [0.29, 0.717) is 17.9 Å². The summed E-state index contributed by atoms with van der Waals surface area (Å²) in [5.74, 6) is 0. The Labute approximate surface area is 102 Å². The molecule has 1 rings (SSSR count). The van der Waals surface area contributed by atoms with Crippen LogP contribution < -0.4 is 4.72 Å². The first kappa shape index (κ1) is 13.5. The van der Waals surface area contributed by atoms with Crippen molar-refractivity contribution < 1.29 is 8.42 Å². The van der Waals surface area contributed by atoms with E-state index < -0.39 is 10.0 Å². The van der Waals surface area contributed by atoms with Crippen LogP contribution in [-0.2, 0) is 10.0 Å². The Kier molecular flexibility index (Phi) is 4.77. The zero-order valence-corrected chi connectivity index (χ0v) is 11.0. The van der Waals surface area contributed by atoms with E-state index in [4.69, 9.17) is 11.6 Å². The number of alkyl halides is 1. The fourth-order valence-electron chi connectivity index (χ4n) is 1.19. The summed E-state index contributed by atoms with van der Waals surface area (Å²) in [6, 6.07) is 6.75. The molecule has 3 nitrogen and oxygen atoms in total. The molecule has 1 unspecified atom stereocenters. The lowest BCUT2D eigenvalue weighted by Crippen LogP contribution is -2.25. The van der Waals surface area contributed by atoms with Gasteiger partial charge in [-0.15, -0.1) is 11.6 Å². The zero-order valence-electron chi connectivity index (χ0n) is 9.40. The SMILES string of the molecule is Cc1ccc(S(=O)(=O)NCCC(C)Cl)cc1. The van der Waals surface area contributed by atoms with Crippen LogP contribution in [0.4, 0.5) is 0 Å². The Balaban J connectivity index is 2.67. The van der Waals surface area contributed by atoms with Crippen LogP contribution in [0.15, 0.2) is 29.2 Å². The molecule has 0 radical (unpaired) electrons. The molecule has 0 aliphatic carbocycles. The van der Waals surface area contributed by atoms with Crippen molar-refractivity contribution in [2.24, 2.45) is 0 Å². The molecule has 0 fully saturated rings. The van der Waals surface area contributed by atoms with Crippen LogP contribution in [0.3, 0.4) is 0 Å². The second-order valence-electron chi connectivity index (χ2n) is 3.78. The molecule has 1 aromatic carbocycles. The molecule has 1 N–H and O–H groups in total. The second kappa shape index (κ2) is 5.66. The molecule has 0 aromatic heterocycles. The first-order valence-corrected chi connectivity index (χ1v) is 7.04. The number of halogens is 1. The third-order valence-corrected chi connectivity index (χ3v) is 3.86. The molecule has 16 heavy (non-hydrogen) atoms. The highest BCUT2D eigenvalue weighted by atomic mass is 35.5. The van der Waals surface area contributed by atoms with E-state index in [1.54, 1.807) is 24.3 Å². The average molecular weight is 262 g/mol. The minimum absolute atomic E-state index is 0.0271. The highest BCUT2D eigenvalue weighted by Gasteiger charge is 2.12. The summed E-state index contributed by atoms with van der Waals surface area (Å²) in [7, 11) is -3.38. The van der Waals surface area contributed by atoms with Gasteiger partial charge in [0.05, 0.1) is 4.90 Å². The van der Waals surface area contributed by atoms with Gasteiger partial charge in [0.1, 0.15) is 0 Å². The smallest absolute Gasteiger partial charge is 0.211 e. The van der Waals surface area contributed by atoms with E-state index in [-0.39, 0.29) is 5.38 Å². The van der Waals surface area contributed by atoms with E-state index in [0.717, 1.165) is 5.56 Å². The lowest BCUT2D eigenvalue weighted by atomic mass is 10.2. The number of aryl methyl sites for hydroxylation is 1. The lowest BCUT2D eigenvalue weighted by Gasteiger charge is -2.07. The van der Waals surface area contributed by atoms with Gasteiger partial charge in [-0.1, -0.05) is 17.7 Å². The molecule has 1 aromatic rings. The normalized spacial score (nSPS) is 13.7. The molecule has 0 aliphatic heterocycles. The van der Waals surface area contributed by atoms with Gasteiger partial charge in [-0.3, -0.25) is 0 Å². The summed E-state index contributed by atoms with van der Waals surface area (Å²) < 4.78 is 26.1. The highest BCUT2D eigenvalue weighted by Crippen LogP contribution is 2.10. The summed E-state index contributed by atoms with van der Waals surface area (Å²) in [4.78, 5) is 0.292. The number of hydrogen-bond acceptors (Lipinski definition) is 2. The van der Waals surface area contributed by atoms with Crippen molar-refractivity contribution in [3.05, 3.63) is 29.8 Å². The van der Waals surface area contributed by atoms with Crippen molar-refractivity contribution in [2.45, 2.75) is 30.5 Å². The third kappa shape index (κ3) is 4.12. The summed E-state index contributed by atoms with van der Waals surface area (Å²) in [5.41, 5.74) is 1.04. The van der Waals surface area contributed by atoms with E-state index in [2.05, 4.69) is 4.72 Å².